The van der Waals surface area contributed by atoms with Crippen molar-refractivity contribution in [2.45, 2.75) is 33.2 Å². The van der Waals surface area contributed by atoms with E-state index in [0.717, 1.165) is 30.6 Å². The standard InChI is InChI=1S/C16H25ClN2/c1-12(2)9-18-10-14-5-4-6-15(17)16(14)19(3)11-13-7-8-13/h4-6,12-13,18H,7-11H2,1-3H3. The van der Waals surface area contributed by atoms with E-state index in [1.165, 1.54) is 24.1 Å². The summed E-state index contributed by atoms with van der Waals surface area (Å²) in [5.41, 5.74) is 2.50. The van der Waals surface area contributed by atoms with Gasteiger partial charge in [-0.15, -0.1) is 0 Å². The molecule has 1 aliphatic carbocycles. The molecule has 1 fully saturated rings. The Morgan fingerprint density at radius 3 is 2.74 bits per heavy atom. The van der Waals surface area contributed by atoms with Crippen molar-refractivity contribution in [3.63, 3.8) is 0 Å². The summed E-state index contributed by atoms with van der Waals surface area (Å²) in [4.78, 5) is 2.33. The van der Waals surface area contributed by atoms with Gasteiger partial charge in [0, 0.05) is 20.1 Å². The number of hydrogen-bond acceptors (Lipinski definition) is 2. The van der Waals surface area contributed by atoms with Crippen molar-refractivity contribution in [3.05, 3.63) is 28.8 Å². The molecule has 1 aliphatic rings. The first-order chi connectivity index (χ1) is 9.08. The van der Waals surface area contributed by atoms with Crippen molar-refractivity contribution < 1.29 is 0 Å². The van der Waals surface area contributed by atoms with Gasteiger partial charge in [-0.3, -0.25) is 0 Å². The molecule has 1 N–H and O–H groups in total. The molecule has 1 saturated carbocycles. The summed E-state index contributed by atoms with van der Waals surface area (Å²) < 4.78 is 0. The second-order valence-electron chi connectivity index (χ2n) is 6.10. The number of halogens is 1. The molecule has 0 unspecified atom stereocenters. The average molecular weight is 281 g/mol. The Hall–Kier alpha value is -0.730. The van der Waals surface area contributed by atoms with Crippen LogP contribution in [-0.2, 0) is 6.54 Å². The topological polar surface area (TPSA) is 15.3 Å². The molecule has 0 bridgehead atoms. The largest absolute Gasteiger partial charge is 0.373 e. The monoisotopic (exact) mass is 280 g/mol. The van der Waals surface area contributed by atoms with Gasteiger partial charge in [-0.05, 0) is 42.9 Å². The van der Waals surface area contributed by atoms with Crippen LogP contribution in [0.2, 0.25) is 5.02 Å². The van der Waals surface area contributed by atoms with E-state index in [1.54, 1.807) is 0 Å². The molecule has 0 spiro atoms. The van der Waals surface area contributed by atoms with Crippen LogP contribution in [0, 0.1) is 11.8 Å². The summed E-state index contributed by atoms with van der Waals surface area (Å²) in [6.07, 6.45) is 2.74. The Morgan fingerprint density at radius 1 is 1.37 bits per heavy atom. The van der Waals surface area contributed by atoms with Gasteiger partial charge in [-0.1, -0.05) is 37.6 Å². The molecule has 1 aromatic carbocycles. The van der Waals surface area contributed by atoms with Gasteiger partial charge in [-0.25, -0.2) is 0 Å². The zero-order chi connectivity index (χ0) is 13.8. The number of nitrogens with one attached hydrogen (secondary N) is 1. The molecule has 2 rings (SSSR count). The molecule has 3 heteroatoms. The molecule has 0 aromatic heterocycles. The van der Waals surface area contributed by atoms with Crippen LogP contribution >= 0.6 is 11.6 Å². The second-order valence-corrected chi connectivity index (χ2v) is 6.50. The Kier molecular flexibility index (Phi) is 5.12. The molecule has 0 saturated heterocycles. The number of benzene rings is 1. The zero-order valence-corrected chi connectivity index (χ0v) is 13.0. The van der Waals surface area contributed by atoms with E-state index in [4.69, 9.17) is 11.6 Å². The zero-order valence-electron chi connectivity index (χ0n) is 12.2. The molecule has 0 radical (unpaired) electrons. The smallest absolute Gasteiger partial charge is 0.0642 e. The predicted octanol–water partition coefficient (Wildman–Crippen LogP) is 3.93. The molecule has 0 aliphatic heterocycles. The lowest BCUT2D eigenvalue weighted by Gasteiger charge is -2.24. The molecular formula is C16H25ClN2. The molecule has 2 nitrogen and oxygen atoms in total. The van der Waals surface area contributed by atoms with Gasteiger partial charge in [0.25, 0.3) is 0 Å². The fourth-order valence-corrected chi connectivity index (χ4v) is 2.74. The quantitative estimate of drug-likeness (QED) is 0.814. The Balaban J connectivity index is 2.05. The lowest BCUT2D eigenvalue weighted by molar-refractivity contribution is 0.552. The van der Waals surface area contributed by atoms with Gasteiger partial charge in [0.1, 0.15) is 0 Å². The molecular weight excluding hydrogens is 256 g/mol. The van der Waals surface area contributed by atoms with Crippen molar-refractivity contribution >= 4 is 17.3 Å². The summed E-state index contributed by atoms with van der Waals surface area (Å²) in [7, 11) is 2.16. The maximum atomic E-state index is 6.40. The fourth-order valence-electron chi connectivity index (χ4n) is 2.40. The minimum absolute atomic E-state index is 0.673. The van der Waals surface area contributed by atoms with E-state index in [0.29, 0.717) is 5.92 Å². The summed E-state index contributed by atoms with van der Waals surface area (Å²) in [5.74, 6) is 1.55. The maximum Gasteiger partial charge on any atom is 0.0642 e. The van der Waals surface area contributed by atoms with Crippen molar-refractivity contribution in [2.24, 2.45) is 11.8 Å². The van der Waals surface area contributed by atoms with E-state index < -0.39 is 0 Å². The van der Waals surface area contributed by atoms with Crippen LogP contribution in [0.15, 0.2) is 18.2 Å². The summed E-state index contributed by atoms with van der Waals surface area (Å²) in [6.45, 7) is 7.51. The predicted molar refractivity (Wildman–Crippen MR) is 84.0 cm³/mol. The highest BCUT2D eigenvalue weighted by Gasteiger charge is 2.24. The SMILES string of the molecule is CC(C)CNCc1cccc(Cl)c1N(C)CC1CC1. The molecule has 19 heavy (non-hydrogen) atoms. The molecule has 0 heterocycles. The number of anilines is 1. The minimum Gasteiger partial charge on any atom is -0.373 e. The fraction of sp³-hybridized carbons (Fsp3) is 0.625. The minimum atomic E-state index is 0.673. The van der Waals surface area contributed by atoms with Crippen LogP contribution in [0.25, 0.3) is 0 Å². The highest BCUT2D eigenvalue weighted by atomic mass is 35.5. The Morgan fingerprint density at radius 2 is 2.11 bits per heavy atom. The van der Waals surface area contributed by atoms with Crippen LogP contribution in [0.5, 0.6) is 0 Å². The Labute approximate surface area is 122 Å². The van der Waals surface area contributed by atoms with E-state index >= 15 is 0 Å². The number of nitrogens with zero attached hydrogens (tertiary/aromatic N) is 1. The van der Waals surface area contributed by atoms with Crippen molar-refractivity contribution in [1.29, 1.82) is 0 Å². The summed E-state index contributed by atoms with van der Waals surface area (Å²) in [5, 5.41) is 4.37. The van der Waals surface area contributed by atoms with E-state index in [1.807, 2.05) is 12.1 Å². The van der Waals surface area contributed by atoms with Crippen molar-refractivity contribution in [1.82, 2.24) is 5.32 Å². The van der Waals surface area contributed by atoms with Crippen molar-refractivity contribution in [3.8, 4) is 0 Å². The lowest BCUT2D eigenvalue weighted by atomic mass is 10.1. The van der Waals surface area contributed by atoms with Crippen molar-refractivity contribution in [2.75, 3.05) is 25.0 Å². The van der Waals surface area contributed by atoms with E-state index in [2.05, 4.69) is 37.2 Å². The van der Waals surface area contributed by atoms with Crippen LogP contribution in [0.1, 0.15) is 32.3 Å². The van der Waals surface area contributed by atoms with Crippen LogP contribution in [0.3, 0.4) is 0 Å². The van der Waals surface area contributed by atoms with Gasteiger partial charge >= 0.3 is 0 Å². The summed E-state index contributed by atoms with van der Waals surface area (Å²) >= 11 is 6.40. The lowest BCUT2D eigenvalue weighted by Crippen LogP contribution is -2.24. The normalized spacial score (nSPS) is 15.0. The van der Waals surface area contributed by atoms with Gasteiger partial charge in [0.05, 0.1) is 10.7 Å². The summed E-state index contributed by atoms with van der Waals surface area (Å²) in [6, 6.07) is 6.22. The van der Waals surface area contributed by atoms with Gasteiger partial charge in [-0.2, -0.15) is 0 Å². The first kappa shape index (κ1) is 14.7. The van der Waals surface area contributed by atoms with Crippen LogP contribution in [-0.4, -0.2) is 20.1 Å². The van der Waals surface area contributed by atoms with Crippen LogP contribution < -0.4 is 10.2 Å². The van der Waals surface area contributed by atoms with E-state index in [-0.39, 0.29) is 0 Å². The third-order valence-corrected chi connectivity index (χ3v) is 3.85. The molecule has 0 atom stereocenters. The van der Waals surface area contributed by atoms with Crippen LogP contribution in [0.4, 0.5) is 5.69 Å². The average Bonchev–Trinajstić information content (AvgIpc) is 3.12. The highest BCUT2D eigenvalue weighted by Crippen LogP contribution is 2.34. The van der Waals surface area contributed by atoms with E-state index in [9.17, 15) is 0 Å². The third kappa shape index (κ3) is 4.39. The number of para-hydroxylation sites is 1. The number of hydrogen-bond donors (Lipinski definition) is 1. The second kappa shape index (κ2) is 6.62. The first-order valence-corrected chi connectivity index (χ1v) is 7.65. The van der Waals surface area contributed by atoms with Gasteiger partial charge in [0.2, 0.25) is 0 Å². The maximum absolute atomic E-state index is 6.40. The molecule has 1 aromatic rings. The first-order valence-electron chi connectivity index (χ1n) is 7.27. The third-order valence-electron chi connectivity index (χ3n) is 3.55. The number of rotatable bonds is 7. The van der Waals surface area contributed by atoms with Gasteiger partial charge in [0.15, 0.2) is 0 Å². The molecule has 106 valence electrons. The molecule has 0 amide bonds. The highest BCUT2D eigenvalue weighted by molar-refractivity contribution is 6.33. The van der Waals surface area contributed by atoms with Gasteiger partial charge < -0.3 is 10.2 Å². The Bertz CT molecular complexity index is 413.